The van der Waals surface area contributed by atoms with Gasteiger partial charge in [0.1, 0.15) is 5.75 Å². The number of nitrogens with two attached hydrogens (primary N) is 1. The van der Waals surface area contributed by atoms with E-state index in [4.69, 9.17) is 10.5 Å². The minimum absolute atomic E-state index is 0.0697. The number of methoxy groups -OCH3 is 1. The molecule has 0 radical (unpaired) electrons. The fourth-order valence-electron chi connectivity index (χ4n) is 1.73. The molecule has 1 aromatic rings. The molecule has 1 rings (SSSR count). The molecule has 0 bridgehead atoms. The van der Waals surface area contributed by atoms with Gasteiger partial charge < -0.3 is 15.8 Å². The van der Waals surface area contributed by atoms with Crippen LogP contribution in [0.4, 0.5) is 0 Å². The zero-order valence-corrected chi connectivity index (χ0v) is 11.1. The number of carbonyl (C=O) groups excluding carboxylic acids is 1. The van der Waals surface area contributed by atoms with E-state index in [2.05, 4.69) is 5.32 Å². The van der Waals surface area contributed by atoms with Crippen molar-refractivity contribution in [3.63, 3.8) is 0 Å². The van der Waals surface area contributed by atoms with Gasteiger partial charge in [-0.3, -0.25) is 4.79 Å². The SMILES string of the molecule is CCC[C@H](N)C(=O)NCCc1cccc(OC)c1. The van der Waals surface area contributed by atoms with E-state index in [1.165, 1.54) is 0 Å². The third-order valence-electron chi connectivity index (χ3n) is 2.78. The molecule has 0 aliphatic rings. The first kappa shape index (κ1) is 14.5. The van der Waals surface area contributed by atoms with E-state index in [9.17, 15) is 4.79 Å². The third kappa shape index (κ3) is 4.75. The number of nitrogens with one attached hydrogen (secondary N) is 1. The van der Waals surface area contributed by atoms with Gasteiger partial charge in [-0.15, -0.1) is 0 Å². The Kier molecular flexibility index (Phi) is 6.22. The van der Waals surface area contributed by atoms with Gasteiger partial charge in [-0.05, 0) is 30.5 Å². The molecule has 0 saturated heterocycles. The summed E-state index contributed by atoms with van der Waals surface area (Å²) in [6.45, 7) is 2.62. The molecule has 4 nitrogen and oxygen atoms in total. The quantitative estimate of drug-likeness (QED) is 0.770. The highest BCUT2D eigenvalue weighted by Crippen LogP contribution is 2.12. The van der Waals surface area contributed by atoms with Crippen LogP contribution in [-0.2, 0) is 11.2 Å². The van der Waals surface area contributed by atoms with E-state index < -0.39 is 0 Å². The van der Waals surface area contributed by atoms with Crippen LogP contribution in [0.2, 0.25) is 0 Å². The second kappa shape index (κ2) is 7.71. The molecule has 1 aromatic carbocycles. The molecule has 1 amide bonds. The molecule has 0 unspecified atom stereocenters. The highest BCUT2D eigenvalue weighted by atomic mass is 16.5. The van der Waals surface area contributed by atoms with Crippen LogP contribution in [0.3, 0.4) is 0 Å². The number of hydrogen-bond donors (Lipinski definition) is 2. The van der Waals surface area contributed by atoms with Crippen molar-refractivity contribution < 1.29 is 9.53 Å². The molecule has 0 fully saturated rings. The van der Waals surface area contributed by atoms with Crippen LogP contribution >= 0.6 is 0 Å². The minimum atomic E-state index is -0.389. The van der Waals surface area contributed by atoms with E-state index in [0.717, 1.165) is 30.6 Å². The molecule has 0 aromatic heterocycles. The van der Waals surface area contributed by atoms with Gasteiger partial charge in [-0.25, -0.2) is 0 Å². The lowest BCUT2D eigenvalue weighted by Crippen LogP contribution is -2.41. The summed E-state index contributed by atoms with van der Waals surface area (Å²) < 4.78 is 5.15. The van der Waals surface area contributed by atoms with Crippen molar-refractivity contribution in [2.45, 2.75) is 32.2 Å². The Morgan fingerprint density at radius 3 is 2.94 bits per heavy atom. The first-order valence-corrected chi connectivity index (χ1v) is 6.33. The number of ether oxygens (including phenoxy) is 1. The summed E-state index contributed by atoms with van der Waals surface area (Å²) in [6, 6.07) is 7.44. The average molecular weight is 250 g/mol. The maximum Gasteiger partial charge on any atom is 0.236 e. The van der Waals surface area contributed by atoms with Crippen molar-refractivity contribution in [2.75, 3.05) is 13.7 Å². The summed E-state index contributed by atoms with van der Waals surface area (Å²) in [6.07, 6.45) is 2.43. The smallest absolute Gasteiger partial charge is 0.236 e. The Balaban J connectivity index is 2.34. The maximum atomic E-state index is 11.6. The van der Waals surface area contributed by atoms with Crippen molar-refractivity contribution in [1.82, 2.24) is 5.32 Å². The Bertz CT molecular complexity index is 380. The number of benzene rings is 1. The molecule has 100 valence electrons. The van der Waals surface area contributed by atoms with Gasteiger partial charge >= 0.3 is 0 Å². The highest BCUT2D eigenvalue weighted by Gasteiger charge is 2.10. The molecule has 4 heteroatoms. The van der Waals surface area contributed by atoms with Crippen molar-refractivity contribution in [2.24, 2.45) is 5.73 Å². The monoisotopic (exact) mass is 250 g/mol. The standard InChI is InChI=1S/C14H22N2O2/c1-3-5-13(15)14(17)16-9-8-11-6-4-7-12(10-11)18-2/h4,6-7,10,13H,3,5,8-9,15H2,1-2H3,(H,16,17)/t13-/m0/s1. The van der Waals surface area contributed by atoms with Gasteiger partial charge in [0.2, 0.25) is 5.91 Å². The number of carbonyl (C=O) groups is 1. The van der Waals surface area contributed by atoms with Crippen LogP contribution in [-0.4, -0.2) is 25.6 Å². The molecule has 0 aliphatic carbocycles. The van der Waals surface area contributed by atoms with Crippen molar-refractivity contribution >= 4 is 5.91 Å². The molecule has 0 heterocycles. The lowest BCUT2D eigenvalue weighted by atomic mass is 10.1. The fourth-order valence-corrected chi connectivity index (χ4v) is 1.73. The Morgan fingerprint density at radius 1 is 1.50 bits per heavy atom. The minimum Gasteiger partial charge on any atom is -0.497 e. The summed E-state index contributed by atoms with van der Waals surface area (Å²) in [7, 11) is 1.64. The summed E-state index contributed by atoms with van der Waals surface area (Å²) in [4.78, 5) is 11.6. The second-order valence-electron chi connectivity index (χ2n) is 4.29. The van der Waals surface area contributed by atoms with Gasteiger partial charge in [-0.2, -0.15) is 0 Å². The largest absolute Gasteiger partial charge is 0.497 e. The van der Waals surface area contributed by atoms with Crippen molar-refractivity contribution in [3.8, 4) is 5.75 Å². The summed E-state index contributed by atoms with van der Waals surface area (Å²) >= 11 is 0. The van der Waals surface area contributed by atoms with Crippen LogP contribution < -0.4 is 15.8 Å². The molecular weight excluding hydrogens is 228 g/mol. The van der Waals surface area contributed by atoms with E-state index in [1.807, 2.05) is 31.2 Å². The number of hydrogen-bond acceptors (Lipinski definition) is 3. The van der Waals surface area contributed by atoms with Gasteiger partial charge in [0, 0.05) is 6.54 Å². The van der Waals surface area contributed by atoms with Crippen LogP contribution in [0.1, 0.15) is 25.3 Å². The highest BCUT2D eigenvalue weighted by molar-refractivity contribution is 5.81. The number of rotatable bonds is 7. The first-order valence-electron chi connectivity index (χ1n) is 6.33. The van der Waals surface area contributed by atoms with Crippen LogP contribution in [0.5, 0.6) is 5.75 Å². The van der Waals surface area contributed by atoms with Crippen molar-refractivity contribution in [1.29, 1.82) is 0 Å². The van der Waals surface area contributed by atoms with Gasteiger partial charge in [0.05, 0.1) is 13.2 Å². The molecule has 1 atom stereocenters. The molecule has 18 heavy (non-hydrogen) atoms. The van der Waals surface area contributed by atoms with E-state index >= 15 is 0 Å². The lowest BCUT2D eigenvalue weighted by molar-refractivity contribution is -0.122. The molecule has 0 saturated carbocycles. The average Bonchev–Trinajstić information content (AvgIpc) is 2.39. The van der Waals surface area contributed by atoms with Crippen LogP contribution in [0, 0.1) is 0 Å². The fraction of sp³-hybridized carbons (Fsp3) is 0.500. The van der Waals surface area contributed by atoms with Crippen LogP contribution in [0.25, 0.3) is 0 Å². The second-order valence-corrected chi connectivity index (χ2v) is 4.29. The summed E-state index contributed by atoms with van der Waals surface area (Å²) in [5.74, 6) is 0.765. The summed E-state index contributed by atoms with van der Waals surface area (Å²) in [5, 5.41) is 2.85. The van der Waals surface area contributed by atoms with Gasteiger partial charge in [0.25, 0.3) is 0 Å². The zero-order valence-electron chi connectivity index (χ0n) is 11.1. The topological polar surface area (TPSA) is 64.4 Å². The van der Waals surface area contributed by atoms with E-state index in [0.29, 0.717) is 6.54 Å². The molecule has 0 aliphatic heterocycles. The van der Waals surface area contributed by atoms with Crippen molar-refractivity contribution in [3.05, 3.63) is 29.8 Å². The van der Waals surface area contributed by atoms with Gasteiger partial charge in [0.15, 0.2) is 0 Å². The third-order valence-corrected chi connectivity index (χ3v) is 2.78. The van der Waals surface area contributed by atoms with E-state index in [1.54, 1.807) is 7.11 Å². The normalized spacial score (nSPS) is 11.9. The zero-order chi connectivity index (χ0) is 13.4. The molecule has 3 N–H and O–H groups in total. The molecule has 0 spiro atoms. The maximum absolute atomic E-state index is 11.6. The predicted molar refractivity (Wildman–Crippen MR) is 72.6 cm³/mol. The lowest BCUT2D eigenvalue weighted by Gasteiger charge is -2.11. The Labute approximate surface area is 109 Å². The Hall–Kier alpha value is -1.55. The molecular formula is C14H22N2O2. The summed E-state index contributed by atoms with van der Waals surface area (Å²) in [5.41, 5.74) is 6.86. The number of amides is 1. The van der Waals surface area contributed by atoms with E-state index in [-0.39, 0.29) is 11.9 Å². The van der Waals surface area contributed by atoms with Crippen LogP contribution in [0.15, 0.2) is 24.3 Å². The predicted octanol–water partition coefficient (Wildman–Crippen LogP) is 1.48. The first-order chi connectivity index (χ1) is 8.67. The Morgan fingerprint density at radius 2 is 2.28 bits per heavy atom. The van der Waals surface area contributed by atoms with Gasteiger partial charge in [-0.1, -0.05) is 25.5 Å².